The Labute approximate surface area is 94.8 Å². The second-order valence-electron chi connectivity index (χ2n) is 4.17. The van der Waals surface area contributed by atoms with E-state index in [1.165, 1.54) is 0 Å². The van der Waals surface area contributed by atoms with Gasteiger partial charge in [-0.2, -0.15) is 5.10 Å². The zero-order chi connectivity index (χ0) is 11.5. The van der Waals surface area contributed by atoms with Gasteiger partial charge >= 0.3 is 0 Å². The first-order valence-electron chi connectivity index (χ1n) is 5.55. The number of carbonyl (C=O) groups excluding carboxylic acids is 1. The molecule has 0 spiro atoms. The average Bonchev–Trinajstić information content (AvgIpc) is 2.75. The molecule has 1 aliphatic heterocycles. The largest absolute Gasteiger partial charge is 0.381 e. The zero-order valence-electron chi connectivity index (χ0n) is 9.69. The lowest BCUT2D eigenvalue weighted by Gasteiger charge is -2.31. The Balaban J connectivity index is 2.06. The molecule has 16 heavy (non-hydrogen) atoms. The molecule has 1 amide bonds. The van der Waals surface area contributed by atoms with Crippen molar-refractivity contribution in [2.24, 2.45) is 0 Å². The number of ether oxygens (including phenoxy) is 1. The van der Waals surface area contributed by atoms with Crippen LogP contribution in [0.1, 0.15) is 28.9 Å². The predicted octanol–water partition coefficient (Wildman–Crippen LogP) is 0.969. The summed E-state index contributed by atoms with van der Waals surface area (Å²) in [6.45, 7) is 3.34. The molecule has 2 heterocycles. The van der Waals surface area contributed by atoms with Gasteiger partial charge in [0.2, 0.25) is 0 Å². The maximum Gasteiger partial charge on any atom is 0.257 e. The fourth-order valence-corrected chi connectivity index (χ4v) is 1.99. The molecule has 1 aliphatic rings. The van der Waals surface area contributed by atoms with Gasteiger partial charge in [0.15, 0.2) is 0 Å². The summed E-state index contributed by atoms with van der Waals surface area (Å²) in [5, 5.41) is 6.66. The van der Waals surface area contributed by atoms with Crippen LogP contribution in [0.15, 0.2) is 6.20 Å². The third kappa shape index (κ3) is 2.09. The summed E-state index contributed by atoms with van der Waals surface area (Å²) >= 11 is 0. The first-order valence-corrected chi connectivity index (χ1v) is 5.55. The first-order chi connectivity index (χ1) is 7.70. The van der Waals surface area contributed by atoms with Gasteiger partial charge in [0, 0.05) is 32.0 Å². The van der Waals surface area contributed by atoms with Gasteiger partial charge < -0.3 is 9.64 Å². The molecule has 5 heteroatoms. The molecule has 0 aromatic carbocycles. The quantitative estimate of drug-likeness (QED) is 0.812. The molecule has 2 rings (SSSR count). The lowest BCUT2D eigenvalue weighted by atomic mass is 10.1. The highest BCUT2D eigenvalue weighted by atomic mass is 16.5. The van der Waals surface area contributed by atoms with Crippen molar-refractivity contribution < 1.29 is 9.53 Å². The van der Waals surface area contributed by atoms with Gasteiger partial charge in [0.05, 0.1) is 11.8 Å². The van der Waals surface area contributed by atoms with Crippen molar-refractivity contribution in [1.82, 2.24) is 15.1 Å². The second kappa shape index (κ2) is 4.65. The molecule has 0 bridgehead atoms. The van der Waals surface area contributed by atoms with Crippen LogP contribution in [0.5, 0.6) is 0 Å². The van der Waals surface area contributed by atoms with E-state index in [-0.39, 0.29) is 11.9 Å². The van der Waals surface area contributed by atoms with E-state index in [0.29, 0.717) is 5.56 Å². The minimum Gasteiger partial charge on any atom is -0.381 e. The Morgan fingerprint density at radius 2 is 2.25 bits per heavy atom. The van der Waals surface area contributed by atoms with Crippen molar-refractivity contribution in [2.75, 3.05) is 20.3 Å². The van der Waals surface area contributed by atoms with Crippen LogP contribution in [0.2, 0.25) is 0 Å². The molecular weight excluding hydrogens is 206 g/mol. The van der Waals surface area contributed by atoms with E-state index in [1.807, 2.05) is 14.0 Å². The molecule has 0 saturated carbocycles. The third-order valence-corrected chi connectivity index (χ3v) is 3.12. The van der Waals surface area contributed by atoms with Crippen molar-refractivity contribution in [3.05, 3.63) is 17.5 Å². The predicted molar refractivity (Wildman–Crippen MR) is 59.3 cm³/mol. The molecule has 5 nitrogen and oxygen atoms in total. The lowest BCUT2D eigenvalue weighted by Crippen LogP contribution is -2.40. The normalized spacial score (nSPS) is 17.4. The minimum absolute atomic E-state index is 0.0400. The van der Waals surface area contributed by atoms with Crippen LogP contribution in [0.25, 0.3) is 0 Å². The number of H-pyrrole nitrogens is 1. The average molecular weight is 223 g/mol. The topological polar surface area (TPSA) is 58.2 Å². The summed E-state index contributed by atoms with van der Waals surface area (Å²) in [6, 6.07) is 0.288. The summed E-state index contributed by atoms with van der Waals surface area (Å²) in [7, 11) is 1.85. The van der Waals surface area contributed by atoms with Crippen LogP contribution >= 0.6 is 0 Å². The molecule has 1 aromatic heterocycles. The molecule has 1 saturated heterocycles. The van der Waals surface area contributed by atoms with Crippen LogP contribution < -0.4 is 0 Å². The van der Waals surface area contributed by atoms with E-state index >= 15 is 0 Å². The highest BCUT2D eigenvalue weighted by Gasteiger charge is 2.24. The number of hydrogen-bond donors (Lipinski definition) is 1. The summed E-state index contributed by atoms with van der Waals surface area (Å²) in [6.07, 6.45) is 3.42. The number of aromatic nitrogens is 2. The Morgan fingerprint density at radius 3 is 2.81 bits per heavy atom. The van der Waals surface area contributed by atoms with Gasteiger partial charge in [-0.05, 0) is 19.8 Å². The van der Waals surface area contributed by atoms with Gasteiger partial charge in [0.25, 0.3) is 5.91 Å². The van der Waals surface area contributed by atoms with Crippen LogP contribution in [0.4, 0.5) is 0 Å². The minimum atomic E-state index is 0.0400. The molecule has 0 atom stereocenters. The van der Waals surface area contributed by atoms with E-state index in [1.54, 1.807) is 11.1 Å². The van der Waals surface area contributed by atoms with E-state index in [4.69, 9.17) is 4.74 Å². The van der Waals surface area contributed by atoms with Crippen molar-refractivity contribution in [2.45, 2.75) is 25.8 Å². The number of aryl methyl sites for hydroxylation is 1. The van der Waals surface area contributed by atoms with Crippen LogP contribution in [-0.2, 0) is 4.74 Å². The molecule has 1 fully saturated rings. The number of aromatic amines is 1. The smallest absolute Gasteiger partial charge is 0.257 e. The maximum atomic E-state index is 12.2. The molecule has 0 unspecified atom stereocenters. The summed E-state index contributed by atoms with van der Waals surface area (Å²) < 4.78 is 5.29. The number of amides is 1. The number of nitrogens with zero attached hydrogens (tertiary/aromatic N) is 2. The summed E-state index contributed by atoms with van der Waals surface area (Å²) in [4.78, 5) is 14.0. The van der Waals surface area contributed by atoms with E-state index in [2.05, 4.69) is 10.2 Å². The Hall–Kier alpha value is -1.36. The third-order valence-electron chi connectivity index (χ3n) is 3.12. The second-order valence-corrected chi connectivity index (χ2v) is 4.17. The Kier molecular flexibility index (Phi) is 3.24. The molecule has 88 valence electrons. The van der Waals surface area contributed by atoms with Crippen molar-refractivity contribution in [3.8, 4) is 0 Å². The van der Waals surface area contributed by atoms with Crippen molar-refractivity contribution >= 4 is 5.91 Å². The first kappa shape index (κ1) is 11.1. The molecule has 1 aromatic rings. The SMILES string of the molecule is Cc1[nH]ncc1C(=O)N(C)C1CCOCC1. The highest BCUT2D eigenvalue weighted by molar-refractivity contribution is 5.95. The van der Waals surface area contributed by atoms with Gasteiger partial charge in [0.1, 0.15) is 0 Å². The standard InChI is InChI=1S/C11H17N3O2/c1-8-10(7-12-13-8)11(15)14(2)9-3-5-16-6-4-9/h7,9H,3-6H2,1-2H3,(H,12,13). The van der Waals surface area contributed by atoms with Gasteiger partial charge in [-0.1, -0.05) is 0 Å². The molecule has 0 radical (unpaired) electrons. The molecule has 1 N–H and O–H groups in total. The highest BCUT2D eigenvalue weighted by Crippen LogP contribution is 2.16. The van der Waals surface area contributed by atoms with Gasteiger partial charge in [-0.3, -0.25) is 9.89 Å². The van der Waals surface area contributed by atoms with Gasteiger partial charge in [-0.25, -0.2) is 0 Å². The number of rotatable bonds is 2. The van der Waals surface area contributed by atoms with Crippen LogP contribution in [0, 0.1) is 6.92 Å². The number of nitrogens with one attached hydrogen (secondary N) is 1. The fourth-order valence-electron chi connectivity index (χ4n) is 1.99. The van der Waals surface area contributed by atoms with E-state index < -0.39 is 0 Å². The van der Waals surface area contributed by atoms with Gasteiger partial charge in [-0.15, -0.1) is 0 Å². The summed E-state index contributed by atoms with van der Waals surface area (Å²) in [5.74, 6) is 0.0400. The molecular formula is C11H17N3O2. The monoisotopic (exact) mass is 223 g/mol. The number of hydrogen-bond acceptors (Lipinski definition) is 3. The molecule has 0 aliphatic carbocycles. The summed E-state index contributed by atoms with van der Waals surface area (Å²) in [5.41, 5.74) is 1.48. The Bertz CT molecular complexity index is 369. The lowest BCUT2D eigenvalue weighted by molar-refractivity contribution is 0.0362. The Morgan fingerprint density at radius 1 is 1.56 bits per heavy atom. The van der Waals surface area contributed by atoms with E-state index in [9.17, 15) is 4.79 Å². The van der Waals surface area contributed by atoms with Crippen molar-refractivity contribution in [3.63, 3.8) is 0 Å². The zero-order valence-corrected chi connectivity index (χ0v) is 9.69. The van der Waals surface area contributed by atoms with Crippen molar-refractivity contribution in [1.29, 1.82) is 0 Å². The van der Waals surface area contributed by atoms with Crippen LogP contribution in [0.3, 0.4) is 0 Å². The number of carbonyl (C=O) groups is 1. The van der Waals surface area contributed by atoms with Crippen LogP contribution in [-0.4, -0.2) is 47.3 Å². The van der Waals surface area contributed by atoms with E-state index in [0.717, 1.165) is 31.7 Å². The fraction of sp³-hybridized carbons (Fsp3) is 0.636. The maximum absolute atomic E-state index is 12.2.